The Bertz CT molecular complexity index is 740. The lowest BCUT2D eigenvalue weighted by molar-refractivity contribution is 0.0530. The standard InChI is InChI=1S/C14H14ClN5O3/c15-10-4-2-1-3-9(10)13(21)19-5-7-20(8-6-19)14(22)11-12(16)18-23-17-11/h1-4H,5-8H2,(H2,16,18). The molecule has 0 radical (unpaired) electrons. The summed E-state index contributed by atoms with van der Waals surface area (Å²) in [5.74, 6) is -0.538. The molecule has 0 aliphatic carbocycles. The third kappa shape index (κ3) is 2.98. The van der Waals surface area contributed by atoms with E-state index in [1.807, 2.05) is 0 Å². The van der Waals surface area contributed by atoms with E-state index in [9.17, 15) is 9.59 Å². The van der Waals surface area contributed by atoms with Crippen molar-refractivity contribution in [3.63, 3.8) is 0 Å². The molecule has 1 saturated heterocycles. The zero-order valence-electron chi connectivity index (χ0n) is 12.1. The summed E-state index contributed by atoms with van der Waals surface area (Å²) in [4.78, 5) is 27.9. The molecule has 0 unspecified atom stereocenters. The quantitative estimate of drug-likeness (QED) is 0.874. The number of rotatable bonds is 2. The smallest absolute Gasteiger partial charge is 0.280 e. The van der Waals surface area contributed by atoms with Crippen LogP contribution in [0.5, 0.6) is 0 Å². The average molecular weight is 336 g/mol. The molecular formula is C14H14ClN5O3. The van der Waals surface area contributed by atoms with E-state index in [1.165, 1.54) is 0 Å². The van der Waals surface area contributed by atoms with Gasteiger partial charge in [0, 0.05) is 26.2 Å². The molecule has 3 rings (SSSR count). The first kappa shape index (κ1) is 15.3. The minimum atomic E-state index is -0.353. The zero-order valence-corrected chi connectivity index (χ0v) is 12.9. The lowest BCUT2D eigenvalue weighted by atomic mass is 10.1. The highest BCUT2D eigenvalue weighted by Crippen LogP contribution is 2.18. The Morgan fingerprint density at radius 1 is 1.04 bits per heavy atom. The summed E-state index contributed by atoms with van der Waals surface area (Å²) in [6.07, 6.45) is 0. The fraction of sp³-hybridized carbons (Fsp3) is 0.286. The fourth-order valence-electron chi connectivity index (χ4n) is 2.41. The van der Waals surface area contributed by atoms with Gasteiger partial charge in [0.25, 0.3) is 11.8 Å². The first-order valence-corrected chi connectivity index (χ1v) is 7.37. The van der Waals surface area contributed by atoms with E-state index < -0.39 is 0 Å². The summed E-state index contributed by atoms with van der Waals surface area (Å²) in [5.41, 5.74) is 5.98. The van der Waals surface area contributed by atoms with Gasteiger partial charge in [-0.05, 0) is 22.4 Å². The van der Waals surface area contributed by atoms with Crippen molar-refractivity contribution in [1.82, 2.24) is 20.1 Å². The van der Waals surface area contributed by atoms with Gasteiger partial charge < -0.3 is 15.5 Å². The van der Waals surface area contributed by atoms with E-state index in [2.05, 4.69) is 14.9 Å². The van der Waals surface area contributed by atoms with E-state index in [4.69, 9.17) is 17.3 Å². The lowest BCUT2D eigenvalue weighted by Crippen LogP contribution is -2.50. The van der Waals surface area contributed by atoms with Gasteiger partial charge in [0.15, 0.2) is 0 Å². The number of halogens is 1. The van der Waals surface area contributed by atoms with Crippen molar-refractivity contribution < 1.29 is 14.2 Å². The van der Waals surface area contributed by atoms with E-state index in [0.29, 0.717) is 36.8 Å². The topological polar surface area (TPSA) is 106 Å². The largest absolute Gasteiger partial charge is 0.379 e. The van der Waals surface area contributed by atoms with Gasteiger partial charge in [0.1, 0.15) is 0 Å². The Hall–Kier alpha value is -2.61. The van der Waals surface area contributed by atoms with Gasteiger partial charge in [-0.15, -0.1) is 0 Å². The second-order valence-corrected chi connectivity index (χ2v) is 5.47. The summed E-state index contributed by atoms with van der Waals surface area (Å²) in [5, 5.41) is 7.31. The predicted octanol–water partition coefficient (Wildman–Crippen LogP) is 0.903. The van der Waals surface area contributed by atoms with Gasteiger partial charge in [-0.2, -0.15) is 0 Å². The predicted molar refractivity (Wildman–Crippen MR) is 82.0 cm³/mol. The Balaban J connectivity index is 1.65. The van der Waals surface area contributed by atoms with Gasteiger partial charge in [-0.25, -0.2) is 4.63 Å². The summed E-state index contributed by atoms with van der Waals surface area (Å²) in [6.45, 7) is 1.56. The number of nitrogens with zero attached hydrogens (tertiary/aromatic N) is 4. The number of carbonyl (C=O) groups excluding carboxylic acids is 2. The average Bonchev–Trinajstić information content (AvgIpc) is 3.00. The number of nitrogens with two attached hydrogens (primary N) is 1. The van der Waals surface area contributed by atoms with Gasteiger partial charge in [0.2, 0.25) is 11.5 Å². The molecule has 0 bridgehead atoms. The van der Waals surface area contributed by atoms with Crippen molar-refractivity contribution in [2.24, 2.45) is 0 Å². The molecule has 2 amide bonds. The first-order chi connectivity index (χ1) is 11.1. The number of hydrogen-bond donors (Lipinski definition) is 1. The van der Waals surface area contributed by atoms with E-state index in [0.717, 1.165) is 0 Å². The number of benzene rings is 1. The van der Waals surface area contributed by atoms with E-state index in [-0.39, 0.29) is 23.3 Å². The van der Waals surface area contributed by atoms with Gasteiger partial charge >= 0.3 is 0 Å². The number of aromatic nitrogens is 2. The van der Waals surface area contributed by atoms with Crippen LogP contribution in [-0.4, -0.2) is 58.1 Å². The van der Waals surface area contributed by atoms with Crippen LogP contribution < -0.4 is 5.73 Å². The van der Waals surface area contributed by atoms with Crippen molar-refractivity contribution in [1.29, 1.82) is 0 Å². The number of anilines is 1. The molecule has 0 saturated carbocycles. The van der Waals surface area contributed by atoms with Crippen molar-refractivity contribution in [3.8, 4) is 0 Å². The van der Waals surface area contributed by atoms with Gasteiger partial charge in [0.05, 0.1) is 10.6 Å². The third-order valence-electron chi connectivity index (χ3n) is 3.67. The zero-order chi connectivity index (χ0) is 16.4. The SMILES string of the molecule is Nc1nonc1C(=O)N1CCN(C(=O)c2ccccc2Cl)CC1. The highest BCUT2D eigenvalue weighted by Gasteiger charge is 2.29. The second-order valence-electron chi connectivity index (χ2n) is 5.06. The number of hydrogen-bond acceptors (Lipinski definition) is 6. The molecule has 9 heteroatoms. The first-order valence-electron chi connectivity index (χ1n) is 6.99. The minimum Gasteiger partial charge on any atom is -0.379 e. The van der Waals surface area contributed by atoms with Crippen LogP contribution in [0, 0.1) is 0 Å². The van der Waals surface area contributed by atoms with Gasteiger partial charge in [-0.1, -0.05) is 23.7 Å². The van der Waals surface area contributed by atoms with Crippen molar-refractivity contribution in [2.45, 2.75) is 0 Å². The number of piperazine rings is 1. The maximum absolute atomic E-state index is 12.5. The minimum absolute atomic E-state index is 0.00381. The molecule has 120 valence electrons. The molecular weight excluding hydrogens is 322 g/mol. The third-order valence-corrected chi connectivity index (χ3v) is 4.00. The van der Waals surface area contributed by atoms with Crippen LogP contribution in [0.15, 0.2) is 28.9 Å². The van der Waals surface area contributed by atoms with Crippen LogP contribution in [0.3, 0.4) is 0 Å². The highest BCUT2D eigenvalue weighted by atomic mass is 35.5. The van der Waals surface area contributed by atoms with Crippen LogP contribution in [0.2, 0.25) is 5.02 Å². The Morgan fingerprint density at radius 2 is 1.65 bits per heavy atom. The summed E-state index contributed by atoms with van der Waals surface area (Å²) >= 11 is 6.05. The van der Waals surface area contributed by atoms with E-state index >= 15 is 0 Å². The molecule has 1 aliphatic heterocycles. The van der Waals surface area contributed by atoms with Crippen LogP contribution in [0.4, 0.5) is 5.82 Å². The summed E-state index contributed by atoms with van der Waals surface area (Å²) in [6, 6.07) is 6.89. The molecule has 23 heavy (non-hydrogen) atoms. The molecule has 8 nitrogen and oxygen atoms in total. The summed E-state index contributed by atoms with van der Waals surface area (Å²) < 4.78 is 4.44. The maximum Gasteiger partial charge on any atom is 0.280 e. The Morgan fingerprint density at radius 3 is 2.22 bits per heavy atom. The molecule has 1 aromatic heterocycles. The number of amides is 2. The second kappa shape index (κ2) is 6.25. The highest BCUT2D eigenvalue weighted by molar-refractivity contribution is 6.33. The van der Waals surface area contributed by atoms with Gasteiger partial charge in [-0.3, -0.25) is 9.59 Å². The molecule has 0 atom stereocenters. The fourth-order valence-corrected chi connectivity index (χ4v) is 2.63. The molecule has 2 aromatic rings. The molecule has 2 heterocycles. The van der Waals surface area contributed by atoms with E-state index in [1.54, 1.807) is 34.1 Å². The van der Waals surface area contributed by atoms with Crippen LogP contribution in [0.25, 0.3) is 0 Å². The molecule has 0 spiro atoms. The van der Waals surface area contributed by atoms with Crippen molar-refractivity contribution in [3.05, 3.63) is 40.5 Å². The van der Waals surface area contributed by atoms with Crippen LogP contribution in [0.1, 0.15) is 20.8 Å². The molecule has 1 fully saturated rings. The van der Waals surface area contributed by atoms with Crippen molar-refractivity contribution in [2.75, 3.05) is 31.9 Å². The van der Waals surface area contributed by atoms with Crippen LogP contribution in [-0.2, 0) is 0 Å². The molecule has 1 aliphatic rings. The molecule has 1 aromatic carbocycles. The lowest BCUT2D eigenvalue weighted by Gasteiger charge is -2.34. The molecule has 2 N–H and O–H groups in total. The summed E-state index contributed by atoms with van der Waals surface area (Å²) in [7, 11) is 0. The number of carbonyl (C=O) groups is 2. The van der Waals surface area contributed by atoms with Crippen molar-refractivity contribution >= 4 is 29.2 Å². The Kier molecular flexibility index (Phi) is 4.16. The van der Waals surface area contributed by atoms with Crippen LogP contribution >= 0.6 is 11.6 Å². The normalized spacial score (nSPS) is 14.8. The number of nitrogen functional groups attached to an aromatic ring is 1. The Labute approximate surface area is 136 Å². The monoisotopic (exact) mass is 335 g/mol. The maximum atomic E-state index is 12.5.